The van der Waals surface area contributed by atoms with E-state index in [1.165, 1.54) is 0 Å². The van der Waals surface area contributed by atoms with Crippen LogP contribution in [0.2, 0.25) is 0 Å². The van der Waals surface area contributed by atoms with Gasteiger partial charge < -0.3 is 18.9 Å². The van der Waals surface area contributed by atoms with Crippen molar-refractivity contribution in [2.45, 2.75) is 25.4 Å². The first-order valence-corrected chi connectivity index (χ1v) is 4.18. The Balaban J connectivity index is 1.97. The highest BCUT2D eigenvalue weighted by Crippen LogP contribution is 2.29. The fourth-order valence-electron chi connectivity index (χ4n) is 1.31. The Morgan fingerprint density at radius 1 is 0.833 bits per heavy atom. The fraction of sp³-hybridized carbons (Fsp3) is 1.00. The van der Waals surface area contributed by atoms with Gasteiger partial charge in [0.15, 0.2) is 5.79 Å². The van der Waals surface area contributed by atoms with E-state index in [4.69, 9.17) is 18.9 Å². The van der Waals surface area contributed by atoms with E-state index in [2.05, 4.69) is 0 Å². The molecule has 1 spiro atoms. The van der Waals surface area contributed by atoms with Gasteiger partial charge in [0.05, 0.1) is 13.2 Å². The minimum Gasteiger partial charge on any atom is -0.345 e. The first kappa shape index (κ1) is 8.44. The summed E-state index contributed by atoms with van der Waals surface area (Å²) in [6.45, 7) is 5.95. The minimum atomic E-state index is -0.616. The topological polar surface area (TPSA) is 36.9 Å². The van der Waals surface area contributed by atoms with Crippen LogP contribution in [0, 0.1) is 0 Å². The molecule has 0 unspecified atom stereocenters. The Hall–Kier alpha value is -0.160. The molecule has 0 aromatic rings. The van der Waals surface area contributed by atoms with Crippen molar-refractivity contribution >= 4 is 0 Å². The number of hydrogen-bond donors (Lipinski definition) is 0. The quantitative estimate of drug-likeness (QED) is 0.536. The molecule has 2 saturated heterocycles. The minimum absolute atomic E-state index is 0.458. The van der Waals surface area contributed by atoms with E-state index in [1.807, 2.05) is 13.8 Å². The molecule has 2 aliphatic heterocycles. The zero-order chi connectivity index (χ0) is 8.66. The maximum atomic E-state index is 5.43. The normalized spacial score (nSPS) is 32.5. The molecule has 0 atom stereocenters. The Bertz CT molecular complexity index is 160. The smallest absolute Gasteiger partial charge is 0.216 e. The number of rotatable bonds is 0. The highest BCUT2D eigenvalue weighted by Gasteiger charge is 2.44. The molecule has 0 aromatic heterocycles. The van der Waals surface area contributed by atoms with Crippen LogP contribution in [-0.4, -0.2) is 38.0 Å². The van der Waals surface area contributed by atoms with Gasteiger partial charge in [-0.25, -0.2) is 0 Å². The molecule has 2 fully saturated rings. The standard InChI is InChI=1S/C8H14O4/c1-7(2)11-5-8(6-12-7)9-3-4-10-8/h3-6H2,1-2H3. The van der Waals surface area contributed by atoms with Gasteiger partial charge in [0.1, 0.15) is 13.2 Å². The lowest BCUT2D eigenvalue weighted by atomic mass is 10.2. The third-order valence-corrected chi connectivity index (χ3v) is 2.09. The molecule has 0 N–H and O–H groups in total. The Morgan fingerprint density at radius 2 is 1.33 bits per heavy atom. The lowest BCUT2D eigenvalue weighted by Crippen LogP contribution is -2.51. The Morgan fingerprint density at radius 3 is 1.83 bits per heavy atom. The first-order chi connectivity index (χ1) is 5.62. The molecule has 0 aliphatic carbocycles. The highest BCUT2D eigenvalue weighted by molar-refractivity contribution is 4.79. The molecule has 0 bridgehead atoms. The zero-order valence-corrected chi connectivity index (χ0v) is 7.46. The van der Waals surface area contributed by atoms with Crippen LogP contribution in [-0.2, 0) is 18.9 Å². The van der Waals surface area contributed by atoms with Gasteiger partial charge in [0.25, 0.3) is 0 Å². The lowest BCUT2D eigenvalue weighted by Gasteiger charge is -2.39. The van der Waals surface area contributed by atoms with E-state index >= 15 is 0 Å². The first-order valence-electron chi connectivity index (χ1n) is 4.18. The summed E-state index contributed by atoms with van der Waals surface area (Å²) in [4.78, 5) is 0. The monoisotopic (exact) mass is 174 g/mol. The molecule has 2 rings (SSSR count). The van der Waals surface area contributed by atoms with Crippen LogP contribution in [0.25, 0.3) is 0 Å². The van der Waals surface area contributed by atoms with E-state index in [0.29, 0.717) is 26.4 Å². The summed E-state index contributed by atoms with van der Waals surface area (Å²) in [5, 5.41) is 0. The summed E-state index contributed by atoms with van der Waals surface area (Å²) in [6.07, 6.45) is 0. The summed E-state index contributed by atoms with van der Waals surface area (Å²) in [5.74, 6) is -1.12. The van der Waals surface area contributed by atoms with Crippen molar-refractivity contribution in [3.63, 3.8) is 0 Å². The third-order valence-electron chi connectivity index (χ3n) is 2.09. The summed E-state index contributed by atoms with van der Waals surface area (Å²) < 4.78 is 21.7. The van der Waals surface area contributed by atoms with Crippen LogP contribution in [0.5, 0.6) is 0 Å². The van der Waals surface area contributed by atoms with Crippen LogP contribution < -0.4 is 0 Å². The van der Waals surface area contributed by atoms with Gasteiger partial charge in [-0.3, -0.25) is 0 Å². The van der Waals surface area contributed by atoms with E-state index in [9.17, 15) is 0 Å². The molecule has 70 valence electrons. The van der Waals surface area contributed by atoms with E-state index < -0.39 is 11.6 Å². The van der Waals surface area contributed by atoms with Crippen LogP contribution in [0.15, 0.2) is 0 Å². The predicted molar refractivity (Wildman–Crippen MR) is 40.6 cm³/mol. The van der Waals surface area contributed by atoms with Crippen molar-refractivity contribution < 1.29 is 18.9 Å². The molecule has 12 heavy (non-hydrogen) atoms. The van der Waals surface area contributed by atoms with Crippen LogP contribution >= 0.6 is 0 Å². The largest absolute Gasteiger partial charge is 0.345 e. The lowest BCUT2D eigenvalue weighted by molar-refractivity contribution is -0.349. The summed E-state index contributed by atoms with van der Waals surface area (Å²) in [6, 6.07) is 0. The van der Waals surface area contributed by atoms with Gasteiger partial charge in [0, 0.05) is 0 Å². The van der Waals surface area contributed by atoms with Crippen molar-refractivity contribution in [1.29, 1.82) is 0 Å². The van der Waals surface area contributed by atoms with Gasteiger partial charge in [-0.15, -0.1) is 0 Å². The molecule has 4 heteroatoms. The van der Waals surface area contributed by atoms with Gasteiger partial charge in [0.2, 0.25) is 5.79 Å². The van der Waals surface area contributed by atoms with Crippen molar-refractivity contribution in [2.75, 3.05) is 26.4 Å². The molecule has 2 heterocycles. The van der Waals surface area contributed by atoms with Crippen LogP contribution in [0.4, 0.5) is 0 Å². The maximum Gasteiger partial charge on any atom is 0.216 e. The van der Waals surface area contributed by atoms with Gasteiger partial charge >= 0.3 is 0 Å². The third kappa shape index (κ3) is 1.47. The van der Waals surface area contributed by atoms with Gasteiger partial charge in [-0.05, 0) is 13.8 Å². The highest BCUT2D eigenvalue weighted by atomic mass is 16.8. The average Bonchev–Trinajstić information content (AvgIpc) is 2.46. The van der Waals surface area contributed by atoms with Crippen molar-refractivity contribution in [3.05, 3.63) is 0 Å². The van der Waals surface area contributed by atoms with Gasteiger partial charge in [-0.2, -0.15) is 0 Å². The van der Waals surface area contributed by atoms with Gasteiger partial charge in [-0.1, -0.05) is 0 Å². The average molecular weight is 174 g/mol. The second kappa shape index (κ2) is 2.67. The molecular weight excluding hydrogens is 160 g/mol. The molecular formula is C8H14O4. The fourth-order valence-corrected chi connectivity index (χ4v) is 1.31. The van der Waals surface area contributed by atoms with E-state index in [1.54, 1.807) is 0 Å². The van der Waals surface area contributed by atoms with Crippen molar-refractivity contribution in [3.8, 4) is 0 Å². The molecule has 0 amide bonds. The Labute approximate surface area is 71.7 Å². The van der Waals surface area contributed by atoms with Crippen molar-refractivity contribution in [1.82, 2.24) is 0 Å². The summed E-state index contributed by atoms with van der Waals surface area (Å²) in [5.41, 5.74) is 0. The number of ether oxygens (including phenoxy) is 4. The molecule has 0 saturated carbocycles. The van der Waals surface area contributed by atoms with E-state index in [-0.39, 0.29) is 0 Å². The zero-order valence-electron chi connectivity index (χ0n) is 7.46. The van der Waals surface area contributed by atoms with E-state index in [0.717, 1.165) is 0 Å². The summed E-state index contributed by atoms with van der Waals surface area (Å²) in [7, 11) is 0. The van der Waals surface area contributed by atoms with Crippen molar-refractivity contribution in [2.24, 2.45) is 0 Å². The second-order valence-electron chi connectivity index (χ2n) is 3.58. The predicted octanol–water partition coefficient (Wildman–Crippen LogP) is 0.512. The Kier molecular flexibility index (Phi) is 1.88. The molecule has 4 nitrogen and oxygen atoms in total. The second-order valence-corrected chi connectivity index (χ2v) is 3.58. The maximum absolute atomic E-state index is 5.43. The molecule has 0 aromatic carbocycles. The van der Waals surface area contributed by atoms with Crippen LogP contribution in [0.3, 0.4) is 0 Å². The molecule has 0 radical (unpaired) electrons. The van der Waals surface area contributed by atoms with Crippen LogP contribution in [0.1, 0.15) is 13.8 Å². The summed E-state index contributed by atoms with van der Waals surface area (Å²) >= 11 is 0. The molecule has 2 aliphatic rings. The SMILES string of the molecule is CC1(C)OCC2(CO1)OCCO2. The number of hydrogen-bond acceptors (Lipinski definition) is 4.